The van der Waals surface area contributed by atoms with Crippen LogP contribution in [0.1, 0.15) is 16.2 Å². The minimum Gasteiger partial charge on any atom is -0.346 e. The lowest BCUT2D eigenvalue weighted by Crippen LogP contribution is -2.26. The summed E-state index contributed by atoms with van der Waals surface area (Å²) >= 11 is 5.52. The first-order chi connectivity index (χ1) is 6.50. The number of hydrogen-bond donors (Lipinski definition) is 1. The molecule has 1 rings (SSSR count). The second-order valence-electron chi connectivity index (χ2n) is 2.99. The first kappa shape index (κ1) is 10.8. The van der Waals surface area contributed by atoms with Crippen molar-refractivity contribution in [1.82, 2.24) is 15.1 Å². The van der Waals surface area contributed by atoms with Crippen LogP contribution in [0.5, 0.6) is 0 Å². The minimum atomic E-state index is -0.199. The number of aromatic nitrogens is 2. The Balaban J connectivity index is 2.69. The topological polar surface area (TPSA) is 46.9 Å². The molecule has 0 spiro atoms. The van der Waals surface area contributed by atoms with Crippen molar-refractivity contribution in [2.24, 2.45) is 7.05 Å². The highest BCUT2D eigenvalue weighted by molar-refractivity contribution is 6.29. The Morgan fingerprint density at radius 1 is 1.79 bits per heavy atom. The average Bonchev–Trinajstić information content (AvgIpc) is 2.41. The predicted octanol–water partition coefficient (Wildman–Crippen LogP) is 1.21. The minimum absolute atomic E-state index is 0.199. The summed E-state index contributed by atoms with van der Waals surface area (Å²) in [5.41, 5.74) is 1.32. The van der Waals surface area contributed by atoms with Crippen molar-refractivity contribution in [2.75, 3.05) is 6.54 Å². The van der Waals surface area contributed by atoms with Gasteiger partial charge >= 0.3 is 0 Å². The summed E-state index contributed by atoms with van der Waals surface area (Å²) in [6, 6.07) is 1.71. The van der Waals surface area contributed by atoms with E-state index in [2.05, 4.69) is 17.0 Å². The largest absolute Gasteiger partial charge is 0.346 e. The van der Waals surface area contributed by atoms with Gasteiger partial charge in [-0.3, -0.25) is 9.48 Å². The first-order valence-electron chi connectivity index (χ1n) is 4.13. The maximum atomic E-state index is 11.5. The summed E-state index contributed by atoms with van der Waals surface area (Å²) in [6.45, 7) is 5.58. The molecule has 0 radical (unpaired) electrons. The standard InChI is InChI=1S/C9H12ClN3O/c1-6(10)5-11-9(14)8-4-7(2)12-13(8)3/h4H,1,5H2,2-3H3,(H,11,14). The molecule has 1 amide bonds. The Labute approximate surface area is 87.6 Å². The Morgan fingerprint density at radius 3 is 2.86 bits per heavy atom. The maximum Gasteiger partial charge on any atom is 0.269 e. The molecule has 1 N–H and O–H groups in total. The molecule has 1 heterocycles. The Hall–Kier alpha value is -1.29. The molecule has 0 unspecified atom stereocenters. The van der Waals surface area contributed by atoms with Crippen LogP contribution in [-0.4, -0.2) is 22.2 Å². The fraction of sp³-hybridized carbons (Fsp3) is 0.333. The Bertz CT molecular complexity index is 370. The molecule has 0 fully saturated rings. The van der Waals surface area contributed by atoms with E-state index in [0.29, 0.717) is 10.7 Å². The fourth-order valence-corrected chi connectivity index (χ4v) is 1.16. The monoisotopic (exact) mass is 213 g/mol. The molecule has 76 valence electrons. The second kappa shape index (κ2) is 4.28. The summed E-state index contributed by atoms with van der Waals surface area (Å²) in [7, 11) is 1.72. The third kappa shape index (κ3) is 2.60. The van der Waals surface area contributed by atoms with E-state index in [4.69, 9.17) is 11.6 Å². The van der Waals surface area contributed by atoms with E-state index in [1.54, 1.807) is 13.1 Å². The molecular weight excluding hydrogens is 202 g/mol. The van der Waals surface area contributed by atoms with Crippen LogP contribution in [0.4, 0.5) is 0 Å². The van der Waals surface area contributed by atoms with Crippen LogP contribution in [0.25, 0.3) is 0 Å². The highest BCUT2D eigenvalue weighted by atomic mass is 35.5. The lowest BCUT2D eigenvalue weighted by atomic mass is 10.3. The number of aryl methyl sites for hydroxylation is 2. The van der Waals surface area contributed by atoms with E-state index in [-0.39, 0.29) is 12.5 Å². The van der Waals surface area contributed by atoms with Crippen molar-refractivity contribution in [3.63, 3.8) is 0 Å². The van der Waals surface area contributed by atoms with Crippen LogP contribution in [0.15, 0.2) is 17.7 Å². The third-order valence-electron chi connectivity index (χ3n) is 1.68. The molecule has 4 nitrogen and oxygen atoms in total. The highest BCUT2D eigenvalue weighted by Crippen LogP contribution is 2.02. The van der Waals surface area contributed by atoms with E-state index in [1.165, 1.54) is 4.68 Å². The molecule has 0 aromatic carbocycles. The number of amides is 1. The van der Waals surface area contributed by atoms with E-state index < -0.39 is 0 Å². The normalized spacial score (nSPS) is 9.93. The number of carbonyl (C=O) groups is 1. The number of carbonyl (C=O) groups excluding carboxylic acids is 1. The zero-order valence-corrected chi connectivity index (χ0v) is 8.93. The van der Waals surface area contributed by atoms with Gasteiger partial charge in [0.2, 0.25) is 0 Å². The van der Waals surface area contributed by atoms with Crippen molar-refractivity contribution in [3.05, 3.63) is 29.1 Å². The third-order valence-corrected chi connectivity index (χ3v) is 1.81. The van der Waals surface area contributed by atoms with Crippen LogP contribution in [0.2, 0.25) is 0 Å². The molecule has 0 aliphatic heterocycles. The average molecular weight is 214 g/mol. The SMILES string of the molecule is C=C(Cl)CNC(=O)c1cc(C)nn1C. The summed E-state index contributed by atoms with van der Waals surface area (Å²) in [4.78, 5) is 11.5. The van der Waals surface area contributed by atoms with Gasteiger partial charge in [-0.15, -0.1) is 0 Å². The van der Waals surface area contributed by atoms with Gasteiger partial charge < -0.3 is 5.32 Å². The quantitative estimate of drug-likeness (QED) is 0.821. The second-order valence-corrected chi connectivity index (χ2v) is 3.53. The first-order valence-corrected chi connectivity index (χ1v) is 4.50. The van der Waals surface area contributed by atoms with E-state index in [1.807, 2.05) is 6.92 Å². The molecule has 0 aliphatic rings. The van der Waals surface area contributed by atoms with Gasteiger partial charge in [0.1, 0.15) is 5.69 Å². The Morgan fingerprint density at radius 2 is 2.43 bits per heavy atom. The Kier molecular flexibility index (Phi) is 3.30. The van der Waals surface area contributed by atoms with Gasteiger partial charge in [-0.1, -0.05) is 18.2 Å². The molecule has 0 atom stereocenters. The van der Waals surface area contributed by atoms with Gasteiger partial charge in [0.15, 0.2) is 0 Å². The number of rotatable bonds is 3. The zero-order valence-electron chi connectivity index (χ0n) is 8.17. The number of halogens is 1. The van der Waals surface area contributed by atoms with Gasteiger partial charge in [0.05, 0.1) is 12.2 Å². The van der Waals surface area contributed by atoms with Crippen LogP contribution < -0.4 is 5.32 Å². The van der Waals surface area contributed by atoms with Gasteiger partial charge in [0, 0.05) is 12.1 Å². The number of nitrogens with one attached hydrogen (secondary N) is 1. The molecule has 14 heavy (non-hydrogen) atoms. The highest BCUT2D eigenvalue weighted by Gasteiger charge is 2.10. The van der Waals surface area contributed by atoms with Crippen LogP contribution in [0, 0.1) is 6.92 Å². The van der Waals surface area contributed by atoms with E-state index in [0.717, 1.165) is 5.69 Å². The molecule has 0 saturated carbocycles. The predicted molar refractivity (Wildman–Crippen MR) is 55.3 cm³/mol. The summed E-state index contributed by atoms with van der Waals surface area (Å²) in [5, 5.41) is 7.08. The lowest BCUT2D eigenvalue weighted by Gasteiger charge is -2.03. The maximum absolute atomic E-state index is 11.5. The molecule has 1 aromatic heterocycles. The molecule has 5 heteroatoms. The molecule has 0 bridgehead atoms. The van der Waals surface area contributed by atoms with Gasteiger partial charge in [-0.2, -0.15) is 5.10 Å². The molecule has 1 aromatic rings. The molecule has 0 saturated heterocycles. The number of hydrogen-bond acceptors (Lipinski definition) is 2. The fourth-order valence-electron chi connectivity index (χ4n) is 1.09. The van der Waals surface area contributed by atoms with Crippen LogP contribution in [0.3, 0.4) is 0 Å². The van der Waals surface area contributed by atoms with E-state index >= 15 is 0 Å². The van der Waals surface area contributed by atoms with Crippen molar-refractivity contribution >= 4 is 17.5 Å². The van der Waals surface area contributed by atoms with Crippen molar-refractivity contribution in [1.29, 1.82) is 0 Å². The summed E-state index contributed by atoms with van der Waals surface area (Å²) in [6.07, 6.45) is 0. The smallest absolute Gasteiger partial charge is 0.269 e. The summed E-state index contributed by atoms with van der Waals surface area (Å²) in [5.74, 6) is -0.199. The molecular formula is C9H12ClN3O. The van der Waals surface area contributed by atoms with Crippen molar-refractivity contribution in [3.8, 4) is 0 Å². The zero-order chi connectivity index (χ0) is 10.7. The summed E-state index contributed by atoms with van der Waals surface area (Å²) < 4.78 is 1.53. The van der Waals surface area contributed by atoms with Crippen LogP contribution >= 0.6 is 11.6 Å². The van der Waals surface area contributed by atoms with Crippen molar-refractivity contribution in [2.45, 2.75) is 6.92 Å². The lowest BCUT2D eigenvalue weighted by molar-refractivity contribution is 0.0948. The van der Waals surface area contributed by atoms with E-state index in [9.17, 15) is 4.79 Å². The van der Waals surface area contributed by atoms with Gasteiger partial charge in [-0.25, -0.2) is 0 Å². The van der Waals surface area contributed by atoms with Gasteiger partial charge in [0.25, 0.3) is 5.91 Å². The molecule has 0 aliphatic carbocycles. The number of nitrogens with zero attached hydrogens (tertiary/aromatic N) is 2. The van der Waals surface area contributed by atoms with Crippen molar-refractivity contribution < 1.29 is 4.79 Å². The van der Waals surface area contributed by atoms with Gasteiger partial charge in [-0.05, 0) is 13.0 Å². The van der Waals surface area contributed by atoms with Crippen LogP contribution in [-0.2, 0) is 7.05 Å².